The number of hydrogen-bond acceptors (Lipinski definition) is 5. The number of aliphatic hydroxyl groups is 1. The molecule has 1 amide bonds. The number of rotatable bonds is 8. The van der Waals surface area contributed by atoms with Gasteiger partial charge in [0.15, 0.2) is 0 Å². The van der Waals surface area contributed by atoms with Crippen molar-refractivity contribution in [2.24, 2.45) is 0 Å². The summed E-state index contributed by atoms with van der Waals surface area (Å²) in [6, 6.07) is 8.75. The predicted octanol–water partition coefficient (Wildman–Crippen LogP) is 2.43. The Morgan fingerprint density at radius 3 is 2.78 bits per heavy atom. The first-order chi connectivity index (χ1) is 11.1. The number of amides is 1. The molecule has 23 heavy (non-hydrogen) atoms. The summed E-state index contributed by atoms with van der Waals surface area (Å²) in [6.45, 7) is 0.341. The monoisotopic (exact) mass is 319 g/mol. The Labute approximate surface area is 135 Å². The zero-order valence-corrected chi connectivity index (χ0v) is 13.2. The molecule has 1 aromatic heterocycles. The van der Waals surface area contributed by atoms with E-state index < -0.39 is 6.10 Å². The number of carbonyl (C=O) groups is 1. The lowest BCUT2D eigenvalue weighted by Crippen LogP contribution is -2.22. The largest absolute Gasteiger partial charge is 0.497 e. The minimum Gasteiger partial charge on any atom is -0.497 e. The predicted molar refractivity (Wildman–Crippen MR) is 84.3 cm³/mol. The molecule has 0 bridgehead atoms. The Morgan fingerprint density at radius 1 is 1.30 bits per heavy atom. The number of ether oxygens (including phenoxy) is 2. The first-order valence-corrected chi connectivity index (χ1v) is 7.33. The highest BCUT2D eigenvalue weighted by Gasteiger charge is 2.16. The van der Waals surface area contributed by atoms with Crippen LogP contribution in [0.15, 0.2) is 41.0 Å². The number of hydrogen-bond donors (Lipinski definition) is 2. The summed E-state index contributed by atoms with van der Waals surface area (Å²) < 4.78 is 15.5. The maximum absolute atomic E-state index is 11.8. The van der Waals surface area contributed by atoms with Crippen LogP contribution < -0.4 is 14.8 Å². The number of methoxy groups -OCH3 is 2. The molecule has 1 aromatic carbocycles. The lowest BCUT2D eigenvalue weighted by atomic mass is 10.0. The summed E-state index contributed by atoms with van der Waals surface area (Å²) in [5.41, 5.74) is 0.632. The Bertz CT molecular complexity index is 624. The zero-order chi connectivity index (χ0) is 16.7. The topological polar surface area (TPSA) is 80.9 Å². The maximum Gasteiger partial charge on any atom is 0.220 e. The molecule has 1 atom stereocenters. The lowest BCUT2D eigenvalue weighted by Gasteiger charge is -2.15. The molecule has 6 heteroatoms. The highest BCUT2D eigenvalue weighted by Crippen LogP contribution is 2.31. The number of benzene rings is 1. The molecule has 0 aliphatic rings. The maximum atomic E-state index is 11.8. The third kappa shape index (κ3) is 4.75. The summed E-state index contributed by atoms with van der Waals surface area (Å²) >= 11 is 0. The standard InChI is InChI=1S/C17H21NO5/c1-21-12-5-6-14(16(10-12)22-2)15(19)7-8-17(20)18-11-13-4-3-9-23-13/h3-6,9-10,15,19H,7-8,11H2,1-2H3,(H,18,20). The van der Waals surface area contributed by atoms with Gasteiger partial charge in [-0.3, -0.25) is 4.79 Å². The van der Waals surface area contributed by atoms with Crippen LogP contribution in [0.3, 0.4) is 0 Å². The average Bonchev–Trinajstić information content (AvgIpc) is 3.10. The van der Waals surface area contributed by atoms with Gasteiger partial charge in [0.05, 0.1) is 33.1 Å². The molecule has 0 saturated carbocycles. The Hall–Kier alpha value is -2.47. The molecule has 1 heterocycles. The van der Waals surface area contributed by atoms with Crippen molar-refractivity contribution < 1.29 is 23.8 Å². The van der Waals surface area contributed by atoms with Crippen LogP contribution >= 0.6 is 0 Å². The van der Waals surface area contributed by atoms with E-state index in [2.05, 4.69) is 5.32 Å². The summed E-state index contributed by atoms with van der Waals surface area (Å²) in [6.07, 6.45) is 1.27. The van der Waals surface area contributed by atoms with Crippen molar-refractivity contribution in [3.8, 4) is 11.5 Å². The first-order valence-electron chi connectivity index (χ1n) is 7.33. The Balaban J connectivity index is 1.86. The van der Waals surface area contributed by atoms with E-state index in [0.717, 1.165) is 0 Å². The number of carbonyl (C=O) groups excluding carboxylic acids is 1. The molecule has 0 aliphatic heterocycles. The van der Waals surface area contributed by atoms with Crippen molar-refractivity contribution in [3.63, 3.8) is 0 Å². The highest BCUT2D eigenvalue weighted by molar-refractivity contribution is 5.75. The van der Waals surface area contributed by atoms with Gasteiger partial charge in [-0.1, -0.05) is 0 Å². The molecule has 2 N–H and O–H groups in total. The zero-order valence-electron chi connectivity index (χ0n) is 13.2. The van der Waals surface area contributed by atoms with Gasteiger partial charge in [0.25, 0.3) is 0 Å². The van der Waals surface area contributed by atoms with E-state index in [1.54, 1.807) is 43.7 Å². The molecular formula is C17H21NO5. The van der Waals surface area contributed by atoms with Gasteiger partial charge in [0.2, 0.25) is 5.91 Å². The van der Waals surface area contributed by atoms with Gasteiger partial charge in [-0.15, -0.1) is 0 Å². The van der Waals surface area contributed by atoms with Gasteiger partial charge in [-0.05, 0) is 30.7 Å². The molecule has 2 aromatic rings. The third-order valence-corrected chi connectivity index (χ3v) is 3.48. The van der Waals surface area contributed by atoms with E-state index in [1.807, 2.05) is 0 Å². The van der Waals surface area contributed by atoms with Crippen LogP contribution in [-0.2, 0) is 11.3 Å². The van der Waals surface area contributed by atoms with Crippen LogP contribution in [0.4, 0.5) is 0 Å². The fraction of sp³-hybridized carbons (Fsp3) is 0.353. The van der Waals surface area contributed by atoms with Crippen molar-refractivity contribution in [1.82, 2.24) is 5.32 Å². The first kappa shape index (κ1) is 16.9. The van der Waals surface area contributed by atoms with E-state index in [1.165, 1.54) is 7.11 Å². The number of nitrogens with one attached hydrogen (secondary N) is 1. The smallest absolute Gasteiger partial charge is 0.220 e. The Morgan fingerprint density at radius 2 is 2.13 bits per heavy atom. The van der Waals surface area contributed by atoms with Crippen LogP contribution in [-0.4, -0.2) is 25.2 Å². The van der Waals surface area contributed by atoms with E-state index in [-0.39, 0.29) is 12.3 Å². The van der Waals surface area contributed by atoms with Gasteiger partial charge in [-0.2, -0.15) is 0 Å². The van der Waals surface area contributed by atoms with Crippen molar-refractivity contribution in [2.45, 2.75) is 25.5 Å². The van der Waals surface area contributed by atoms with Crippen LogP contribution in [0.25, 0.3) is 0 Å². The molecular weight excluding hydrogens is 298 g/mol. The number of aliphatic hydroxyl groups excluding tert-OH is 1. The molecule has 0 fully saturated rings. The average molecular weight is 319 g/mol. The minimum absolute atomic E-state index is 0.145. The summed E-state index contributed by atoms with van der Waals surface area (Å²) in [5.74, 6) is 1.73. The van der Waals surface area contributed by atoms with Crippen LogP contribution in [0.2, 0.25) is 0 Å². The van der Waals surface area contributed by atoms with Gasteiger partial charge in [-0.25, -0.2) is 0 Å². The van der Waals surface area contributed by atoms with Crippen LogP contribution in [0, 0.1) is 0 Å². The van der Waals surface area contributed by atoms with Gasteiger partial charge in [0.1, 0.15) is 17.3 Å². The van der Waals surface area contributed by atoms with E-state index in [0.29, 0.717) is 35.8 Å². The second-order valence-electron chi connectivity index (χ2n) is 5.02. The fourth-order valence-electron chi connectivity index (χ4n) is 2.20. The fourth-order valence-corrected chi connectivity index (χ4v) is 2.20. The third-order valence-electron chi connectivity index (χ3n) is 3.48. The molecule has 0 aliphatic carbocycles. The summed E-state index contributed by atoms with van der Waals surface area (Å²) in [5, 5.41) is 13.0. The molecule has 0 spiro atoms. The molecule has 0 saturated heterocycles. The van der Waals surface area contributed by atoms with Crippen molar-refractivity contribution in [2.75, 3.05) is 14.2 Å². The molecule has 124 valence electrons. The van der Waals surface area contributed by atoms with E-state index in [4.69, 9.17) is 13.9 Å². The van der Waals surface area contributed by atoms with E-state index in [9.17, 15) is 9.90 Å². The van der Waals surface area contributed by atoms with Gasteiger partial charge >= 0.3 is 0 Å². The Kier molecular flexibility index (Phi) is 6.05. The van der Waals surface area contributed by atoms with Gasteiger partial charge in [0, 0.05) is 18.1 Å². The molecule has 1 unspecified atom stereocenters. The summed E-state index contributed by atoms with van der Waals surface area (Å²) in [7, 11) is 3.09. The summed E-state index contributed by atoms with van der Waals surface area (Å²) in [4.78, 5) is 11.8. The van der Waals surface area contributed by atoms with Crippen molar-refractivity contribution in [3.05, 3.63) is 47.9 Å². The highest BCUT2D eigenvalue weighted by atomic mass is 16.5. The van der Waals surface area contributed by atoms with Crippen molar-refractivity contribution >= 4 is 5.91 Å². The SMILES string of the molecule is COc1ccc(C(O)CCC(=O)NCc2ccco2)c(OC)c1. The molecule has 2 rings (SSSR count). The van der Waals surface area contributed by atoms with Crippen molar-refractivity contribution in [1.29, 1.82) is 0 Å². The second kappa shape index (κ2) is 8.24. The van der Waals surface area contributed by atoms with Crippen LogP contribution in [0.5, 0.6) is 11.5 Å². The lowest BCUT2D eigenvalue weighted by molar-refractivity contribution is -0.121. The second-order valence-corrected chi connectivity index (χ2v) is 5.02. The van der Waals surface area contributed by atoms with E-state index >= 15 is 0 Å². The molecule has 0 radical (unpaired) electrons. The molecule has 6 nitrogen and oxygen atoms in total. The minimum atomic E-state index is -0.787. The van der Waals surface area contributed by atoms with Crippen LogP contribution in [0.1, 0.15) is 30.3 Å². The number of furan rings is 1. The quantitative estimate of drug-likeness (QED) is 0.781. The normalized spacial score (nSPS) is 11.8. The van der Waals surface area contributed by atoms with Gasteiger partial charge < -0.3 is 24.3 Å².